The highest BCUT2D eigenvalue weighted by Gasteiger charge is 2.37. The van der Waals surface area contributed by atoms with Crippen LogP contribution in [0.15, 0.2) is 48.7 Å². The van der Waals surface area contributed by atoms with Gasteiger partial charge in [0.15, 0.2) is 0 Å². The molecule has 1 aromatic heterocycles. The van der Waals surface area contributed by atoms with E-state index in [-0.39, 0.29) is 11.8 Å². The number of hydrogen-bond acceptors (Lipinski definition) is 4. The van der Waals surface area contributed by atoms with E-state index in [1.807, 2.05) is 30.3 Å². The summed E-state index contributed by atoms with van der Waals surface area (Å²) in [5.74, 6) is -0.328. The predicted octanol–water partition coefficient (Wildman–Crippen LogP) is 1.76. The summed E-state index contributed by atoms with van der Waals surface area (Å²) in [5.41, 5.74) is 1.55. The summed E-state index contributed by atoms with van der Waals surface area (Å²) in [5, 5.41) is 2.79. The van der Waals surface area contributed by atoms with E-state index in [0.29, 0.717) is 19.5 Å². The average molecular weight is 325 g/mol. The first-order chi connectivity index (χ1) is 11.7. The Kier molecular flexibility index (Phi) is 4.74. The molecule has 1 aliphatic heterocycles. The Labute approximate surface area is 140 Å². The lowest BCUT2D eigenvalue weighted by atomic mass is 10.1. The average Bonchev–Trinajstić information content (AvgIpc) is 3.02. The third-order valence-corrected chi connectivity index (χ3v) is 4.08. The van der Waals surface area contributed by atoms with Gasteiger partial charge in [0, 0.05) is 18.4 Å². The van der Waals surface area contributed by atoms with Crippen molar-refractivity contribution in [1.29, 1.82) is 0 Å². The molecule has 2 aromatic rings. The maximum atomic E-state index is 12.5. The van der Waals surface area contributed by atoms with E-state index in [1.165, 1.54) is 0 Å². The molecule has 0 saturated carbocycles. The normalized spacial score (nSPS) is 17.0. The number of anilines is 1. The number of aromatic nitrogens is 1. The first-order valence-corrected chi connectivity index (χ1v) is 7.82. The van der Waals surface area contributed by atoms with Gasteiger partial charge in [-0.25, -0.2) is 0 Å². The number of carbonyl (C=O) groups is 2. The van der Waals surface area contributed by atoms with Crippen molar-refractivity contribution >= 4 is 17.5 Å². The quantitative estimate of drug-likeness (QED) is 0.850. The minimum atomic E-state index is -0.643. The van der Waals surface area contributed by atoms with Crippen LogP contribution in [0.3, 0.4) is 0 Å². The molecule has 1 N–H and O–H groups in total. The minimum absolute atomic E-state index is 0.168. The molecule has 24 heavy (non-hydrogen) atoms. The van der Waals surface area contributed by atoms with Gasteiger partial charge in [0.05, 0.1) is 19.3 Å². The number of ether oxygens (including phenoxy) is 1. The van der Waals surface area contributed by atoms with Gasteiger partial charge in [-0.05, 0) is 42.8 Å². The molecule has 2 amide bonds. The third-order valence-electron chi connectivity index (χ3n) is 4.08. The molecule has 2 heterocycles. The fourth-order valence-electron chi connectivity index (χ4n) is 2.75. The van der Waals surface area contributed by atoms with Crippen LogP contribution >= 0.6 is 0 Å². The van der Waals surface area contributed by atoms with Crippen LogP contribution in [0.2, 0.25) is 0 Å². The predicted molar refractivity (Wildman–Crippen MR) is 89.5 cm³/mol. The highest BCUT2D eigenvalue weighted by atomic mass is 16.5. The van der Waals surface area contributed by atoms with Gasteiger partial charge < -0.3 is 15.0 Å². The number of pyridine rings is 1. The van der Waals surface area contributed by atoms with Crippen molar-refractivity contribution in [3.63, 3.8) is 0 Å². The maximum Gasteiger partial charge on any atom is 0.239 e. The molecule has 0 aliphatic carbocycles. The second-order valence-electron chi connectivity index (χ2n) is 5.57. The lowest BCUT2D eigenvalue weighted by Crippen LogP contribution is -2.36. The van der Waals surface area contributed by atoms with E-state index in [4.69, 9.17) is 4.74 Å². The van der Waals surface area contributed by atoms with Gasteiger partial charge in [0.1, 0.15) is 11.7 Å². The summed E-state index contributed by atoms with van der Waals surface area (Å²) in [6.45, 7) is 0.860. The Morgan fingerprint density at radius 3 is 2.75 bits per heavy atom. The SMILES string of the molecule is COc1ccc(N2CCC(C(=O)NCc3ccccn3)C2=O)cc1. The van der Waals surface area contributed by atoms with Crippen LogP contribution in [-0.4, -0.2) is 30.5 Å². The van der Waals surface area contributed by atoms with Crippen LogP contribution in [-0.2, 0) is 16.1 Å². The second-order valence-corrected chi connectivity index (χ2v) is 5.57. The lowest BCUT2D eigenvalue weighted by molar-refractivity contribution is -0.132. The van der Waals surface area contributed by atoms with E-state index < -0.39 is 5.92 Å². The largest absolute Gasteiger partial charge is 0.497 e. The van der Waals surface area contributed by atoms with Crippen molar-refractivity contribution < 1.29 is 14.3 Å². The number of benzene rings is 1. The standard InChI is InChI=1S/C18H19N3O3/c1-24-15-7-5-14(6-8-15)21-11-9-16(18(21)23)17(22)20-12-13-4-2-3-10-19-13/h2-8,10,16H,9,11-12H2,1H3,(H,20,22). The second kappa shape index (κ2) is 7.12. The zero-order chi connectivity index (χ0) is 16.9. The first-order valence-electron chi connectivity index (χ1n) is 7.82. The van der Waals surface area contributed by atoms with E-state index in [9.17, 15) is 9.59 Å². The van der Waals surface area contributed by atoms with Crippen molar-refractivity contribution in [2.45, 2.75) is 13.0 Å². The fourth-order valence-corrected chi connectivity index (χ4v) is 2.75. The molecule has 0 radical (unpaired) electrons. The number of nitrogens with zero attached hydrogens (tertiary/aromatic N) is 2. The fraction of sp³-hybridized carbons (Fsp3) is 0.278. The molecule has 1 fully saturated rings. The number of methoxy groups -OCH3 is 1. The Hall–Kier alpha value is -2.89. The highest BCUT2D eigenvalue weighted by Crippen LogP contribution is 2.27. The van der Waals surface area contributed by atoms with Gasteiger partial charge in [-0.15, -0.1) is 0 Å². The van der Waals surface area contributed by atoms with Crippen molar-refractivity contribution in [3.8, 4) is 5.75 Å². The molecule has 1 aliphatic rings. The monoisotopic (exact) mass is 325 g/mol. The topological polar surface area (TPSA) is 71.5 Å². The Balaban J connectivity index is 1.61. The van der Waals surface area contributed by atoms with Crippen LogP contribution in [0, 0.1) is 5.92 Å². The van der Waals surface area contributed by atoms with Crippen LogP contribution in [0.1, 0.15) is 12.1 Å². The Morgan fingerprint density at radius 1 is 1.29 bits per heavy atom. The highest BCUT2D eigenvalue weighted by molar-refractivity contribution is 6.09. The summed E-state index contributed by atoms with van der Waals surface area (Å²) in [7, 11) is 1.60. The molecule has 1 atom stereocenters. The van der Waals surface area contributed by atoms with Gasteiger partial charge in [-0.3, -0.25) is 14.6 Å². The van der Waals surface area contributed by atoms with Crippen LogP contribution in [0.25, 0.3) is 0 Å². The molecular formula is C18H19N3O3. The lowest BCUT2D eigenvalue weighted by Gasteiger charge is -2.17. The van der Waals surface area contributed by atoms with Crippen molar-refractivity contribution in [2.75, 3.05) is 18.6 Å². The molecule has 6 heteroatoms. The number of rotatable bonds is 5. The molecule has 124 valence electrons. The minimum Gasteiger partial charge on any atom is -0.497 e. The van der Waals surface area contributed by atoms with Crippen molar-refractivity contribution in [2.24, 2.45) is 5.92 Å². The zero-order valence-electron chi connectivity index (χ0n) is 13.4. The molecule has 3 rings (SSSR count). The smallest absolute Gasteiger partial charge is 0.239 e. The van der Waals surface area contributed by atoms with E-state index >= 15 is 0 Å². The number of hydrogen-bond donors (Lipinski definition) is 1. The van der Waals surface area contributed by atoms with Gasteiger partial charge in [0.2, 0.25) is 11.8 Å². The van der Waals surface area contributed by atoms with Gasteiger partial charge >= 0.3 is 0 Å². The Bertz CT molecular complexity index is 716. The van der Waals surface area contributed by atoms with Crippen molar-refractivity contribution in [3.05, 3.63) is 54.4 Å². The summed E-state index contributed by atoms with van der Waals surface area (Å²) in [6.07, 6.45) is 2.19. The molecule has 0 spiro atoms. The van der Waals surface area contributed by atoms with Gasteiger partial charge in [-0.1, -0.05) is 6.07 Å². The third kappa shape index (κ3) is 3.37. The van der Waals surface area contributed by atoms with Gasteiger partial charge in [0.25, 0.3) is 0 Å². The number of amides is 2. The van der Waals surface area contributed by atoms with E-state index in [1.54, 1.807) is 30.3 Å². The summed E-state index contributed by atoms with van der Waals surface area (Å²) < 4.78 is 5.12. The molecule has 0 bridgehead atoms. The summed E-state index contributed by atoms with van der Waals surface area (Å²) in [4.78, 5) is 30.6. The number of carbonyl (C=O) groups excluding carboxylic acids is 2. The number of nitrogens with one attached hydrogen (secondary N) is 1. The maximum absolute atomic E-state index is 12.5. The van der Waals surface area contributed by atoms with Crippen LogP contribution < -0.4 is 15.0 Å². The van der Waals surface area contributed by atoms with Crippen LogP contribution in [0.4, 0.5) is 5.69 Å². The summed E-state index contributed by atoms with van der Waals surface area (Å²) in [6, 6.07) is 12.8. The van der Waals surface area contributed by atoms with Crippen LogP contribution in [0.5, 0.6) is 5.75 Å². The molecule has 1 saturated heterocycles. The molecule has 6 nitrogen and oxygen atoms in total. The molecular weight excluding hydrogens is 306 g/mol. The van der Waals surface area contributed by atoms with Crippen molar-refractivity contribution in [1.82, 2.24) is 10.3 Å². The zero-order valence-corrected chi connectivity index (χ0v) is 13.4. The van der Waals surface area contributed by atoms with E-state index in [2.05, 4.69) is 10.3 Å². The van der Waals surface area contributed by atoms with E-state index in [0.717, 1.165) is 17.1 Å². The molecule has 1 aromatic carbocycles. The first kappa shape index (κ1) is 16.0. The summed E-state index contributed by atoms with van der Waals surface area (Å²) >= 11 is 0. The van der Waals surface area contributed by atoms with Gasteiger partial charge in [-0.2, -0.15) is 0 Å². The Morgan fingerprint density at radius 2 is 2.08 bits per heavy atom. The molecule has 1 unspecified atom stereocenters.